The number of carbonyl (C=O) groups excluding carboxylic acids is 1. The Labute approximate surface area is 123 Å². The summed E-state index contributed by atoms with van der Waals surface area (Å²) in [6, 6.07) is 8.23. The Morgan fingerprint density at radius 2 is 2.10 bits per heavy atom. The highest BCUT2D eigenvalue weighted by molar-refractivity contribution is 8.00. The van der Waals surface area contributed by atoms with Gasteiger partial charge in [-0.05, 0) is 26.0 Å². The lowest BCUT2D eigenvalue weighted by molar-refractivity contribution is -0.129. The molecular weight excluding hydrogens is 270 g/mol. The molecule has 1 aromatic carbocycles. The first kappa shape index (κ1) is 14.7. The fourth-order valence-corrected chi connectivity index (χ4v) is 2.85. The smallest absolute Gasteiger partial charge is 0.235 e. The van der Waals surface area contributed by atoms with Crippen LogP contribution in [0.25, 0.3) is 0 Å². The SMILES string of the molecule is Cc1ccc(SC(C)C(=O)N(C)Cc2ncc[nH]2)cc1. The molecule has 106 valence electrons. The molecule has 20 heavy (non-hydrogen) atoms. The van der Waals surface area contributed by atoms with Gasteiger partial charge in [-0.2, -0.15) is 0 Å². The van der Waals surface area contributed by atoms with Crippen LogP contribution in [-0.4, -0.2) is 33.1 Å². The number of nitrogens with zero attached hydrogens (tertiary/aromatic N) is 2. The zero-order chi connectivity index (χ0) is 14.5. The number of aryl methyl sites for hydroxylation is 1. The van der Waals surface area contributed by atoms with Gasteiger partial charge in [0.15, 0.2) is 0 Å². The zero-order valence-electron chi connectivity index (χ0n) is 12.0. The summed E-state index contributed by atoms with van der Waals surface area (Å²) < 4.78 is 0. The van der Waals surface area contributed by atoms with Crippen LogP contribution in [0.15, 0.2) is 41.6 Å². The van der Waals surface area contributed by atoms with Crippen LogP contribution in [0.1, 0.15) is 18.3 Å². The lowest BCUT2D eigenvalue weighted by Crippen LogP contribution is -2.33. The third-order valence-electron chi connectivity index (χ3n) is 3.00. The summed E-state index contributed by atoms with van der Waals surface area (Å²) in [7, 11) is 1.80. The van der Waals surface area contributed by atoms with E-state index in [9.17, 15) is 4.79 Å². The molecule has 1 aromatic heterocycles. The van der Waals surface area contributed by atoms with Gasteiger partial charge in [0.25, 0.3) is 0 Å². The average Bonchev–Trinajstić information content (AvgIpc) is 2.93. The van der Waals surface area contributed by atoms with Crippen molar-refractivity contribution in [3.05, 3.63) is 48.0 Å². The molecule has 0 aliphatic rings. The van der Waals surface area contributed by atoms with Crippen molar-refractivity contribution in [2.24, 2.45) is 0 Å². The van der Waals surface area contributed by atoms with Gasteiger partial charge >= 0.3 is 0 Å². The van der Waals surface area contributed by atoms with Crippen molar-refractivity contribution in [3.8, 4) is 0 Å². The summed E-state index contributed by atoms with van der Waals surface area (Å²) in [5, 5.41) is -0.113. The van der Waals surface area contributed by atoms with E-state index >= 15 is 0 Å². The zero-order valence-corrected chi connectivity index (χ0v) is 12.8. The van der Waals surface area contributed by atoms with Gasteiger partial charge in [0, 0.05) is 24.3 Å². The van der Waals surface area contributed by atoms with E-state index in [1.54, 1.807) is 36.1 Å². The first-order valence-electron chi connectivity index (χ1n) is 6.53. The predicted octanol–water partition coefficient (Wildman–Crippen LogP) is 2.86. The lowest BCUT2D eigenvalue weighted by atomic mass is 10.2. The van der Waals surface area contributed by atoms with Crippen molar-refractivity contribution in [3.63, 3.8) is 0 Å². The second-order valence-electron chi connectivity index (χ2n) is 4.80. The topological polar surface area (TPSA) is 49.0 Å². The Morgan fingerprint density at radius 3 is 2.70 bits per heavy atom. The van der Waals surface area contributed by atoms with E-state index in [-0.39, 0.29) is 11.2 Å². The van der Waals surface area contributed by atoms with Crippen molar-refractivity contribution in [2.45, 2.75) is 30.5 Å². The number of aromatic amines is 1. The summed E-state index contributed by atoms with van der Waals surface area (Å²) in [5.41, 5.74) is 1.23. The van der Waals surface area contributed by atoms with Crippen molar-refractivity contribution in [2.75, 3.05) is 7.05 Å². The van der Waals surface area contributed by atoms with Gasteiger partial charge in [-0.3, -0.25) is 4.79 Å². The molecule has 0 saturated carbocycles. The van der Waals surface area contributed by atoms with Gasteiger partial charge < -0.3 is 9.88 Å². The summed E-state index contributed by atoms with van der Waals surface area (Å²) in [5.74, 6) is 0.903. The third-order valence-corrected chi connectivity index (χ3v) is 4.10. The molecule has 0 aliphatic carbocycles. The van der Waals surface area contributed by atoms with Crippen LogP contribution in [0.3, 0.4) is 0 Å². The van der Waals surface area contributed by atoms with Crippen LogP contribution in [0.5, 0.6) is 0 Å². The summed E-state index contributed by atoms with van der Waals surface area (Å²) in [4.78, 5) is 22.3. The number of benzene rings is 1. The Morgan fingerprint density at radius 1 is 1.40 bits per heavy atom. The van der Waals surface area contributed by atoms with Gasteiger partial charge in [0.2, 0.25) is 5.91 Å². The Hall–Kier alpha value is -1.75. The van der Waals surface area contributed by atoms with Gasteiger partial charge in [-0.1, -0.05) is 17.7 Å². The van der Waals surface area contributed by atoms with E-state index in [0.29, 0.717) is 6.54 Å². The van der Waals surface area contributed by atoms with Gasteiger partial charge in [-0.25, -0.2) is 4.98 Å². The predicted molar refractivity (Wildman–Crippen MR) is 81.6 cm³/mol. The summed E-state index contributed by atoms with van der Waals surface area (Å²) >= 11 is 1.58. The normalized spacial score (nSPS) is 12.2. The molecule has 4 nitrogen and oxygen atoms in total. The fourth-order valence-electron chi connectivity index (χ4n) is 1.87. The maximum absolute atomic E-state index is 12.3. The van der Waals surface area contributed by atoms with Gasteiger partial charge in [0.1, 0.15) is 5.82 Å². The third kappa shape index (κ3) is 3.87. The standard InChI is InChI=1S/C15H19N3OS/c1-11-4-6-13(7-5-11)20-12(2)15(19)18(3)10-14-16-8-9-17-14/h4-9,12H,10H2,1-3H3,(H,16,17). The quantitative estimate of drug-likeness (QED) is 0.861. The Bertz CT molecular complexity index is 551. The minimum atomic E-state index is -0.113. The fraction of sp³-hybridized carbons (Fsp3) is 0.333. The molecule has 1 heterocycles. The maximum Gasteiger partial charge on any atom is 0.235 e. The molecule has 0 aliphatic heterocycles. The van der Waals surface area contributed by atoms with Gasteiger partial charge in [-0.15, -0.1) is 11.8 Å². The summed E-state index contributed by atoms with van der Waals surface area (Å²) in [6.07, 6.45) is 3.45. The summed E-state index contributed by atoms with van der Waals surface area (Å²) in [6.45, 7) is 4.50. The minimum Gasteiger partial charge on any atom is -0.347 e. The molecule has 1 atom stereocenters. The van der Waals surface area contributed by atoms with E-state index < -0.39 is 0 Å². The highest BCUT2D eigenvalue weighted by Crippen LogP contribution is 2.24. The number of imidazole rings is 1. The van der Waals surface area contributed by atoms with E-state index in [4.69, 9.17) is 0 Å². The largest absolute Gasteiger partial charge is 0.347 e. The van der Waals surface area contributed by atoms with Crippen LogP contribution in [0.2, 0.25) is 0 Å². The molecule has 0 saturated heterocycles. The minimum absolute atomic E-state index is 0.104. The number of rotatable bonds is 5. The molecule has 1 N–H and O–H groups in total. The molecule has 0 bridgehead atoms. The van der Waals surface area contributed by atoms with Crippen LogP contribution >= 0.6 is 11.8 Å². The van der Waals surface area contributed by atoms with Crippen molar-refractivity contribution < 1.29 is 4.79 Å². The second kappa shape index (κ2) is 6.61. The number of H-pyrrole nitrogens is 1. The van der Waals surface area contributed by atoms with E-state index in [2.05, 4.69) is 41.2 Å². The molecule has 0 spiro atoms. The highest BCUT2D eigenvalue weighted by Gasteiger charge is 2.19. The highest BCUT2D eigenvalue weighted by atomic mass is 32.2. The Kier molecular flexibility index (Phi) is 4.84. The number of nitrogens with one attached hydrogen (secondary N) is 1. The second-order valence-corrected chi connectivity index (χ2v) is 6.22. The van der Waals surface area contributed by atoms with E-state index in [1.807, 2.05) is 6.92 Å². The molecule has 0 fully saturated rings. The first-order valence-corrected chi connectivity index (χ1v) is 7.41. The number of amides is 1. The van der Waals surface area contributed by atoms with Crippen molar-refractivity contribution in [1.29, 1.82) is 0 Å². The number of hydrogen-bond donors (Lipinski definition) is 1. The van der Waals surface area contributed by atoms with Crippen LogP contribution < -0.4 is 0 Å². The van der Waals surface area contributed by atoms with Crippen LogP contribution in [0.4, 0.5) is 0 Å². The Balaban J connectivity index is 1.92. The molecule has 1 unspecified atom stereocenters. The number of carbonyl (C=O) groups is 1. The molecular formula is C15H19N3OS. The first-order chi connectivity index (χ1) is 9.56. The van der Waals surface area contributed by atoms with Crippen LogP contribution in [-0.2, 0) is 11.3 Å². The van der Waals surface area contributed by atoms with Gasteiger partial charge in [0.05, 0.1) is 11.8 Å². The van der Waals surface area contributed by atoms with Crippen LogP contribution in [0, 0.1) is 6.92 Å². The molecule has 5 heteroatoms. The molecule has 2 rings (SSSR count). The number of thioether (sulfide) groups is 1. The van der Waals surface area contributed by atoms with Crippen molar-refractivity contribution in [1.82, 2.24) is 14.9 Å². The molecule has 1 amide bonds. The molecule has 2 aromatic rings. The lowest BCUT2D eigenvalue weighted by Gasteiger charge is -2.20. The molecule has 0 radical (unpaired) electrons. The van der Waals surface area contributed by atoms with Crippen molar-refractivity contribution >= 4 is 17.7 Å². The number of aromatic nitrogens is 2. The van der Waals surface area contributed by atoms with E-state index in [0.717, 1.165) is 10.7 Å². The monoisotopic (exact) mass is 289 g/mol. The maximum atomic E-state index is 12.3. The van der Waals surface area contributed by atoms with E-state index in [1.165, 1.54) is 5.56 Å². The number of hydrogen-bond acceptors (Lipinski definition) is 3. The average molecular weight is 289 g/mol.